The zero-order chi connectivity index (χ0) is 22.1. The average Bonchev–Trinajstić information content (AvgIpc) is 3.09. The van der Waals surface area contributed by atoms with Crippen LogP contribution in [0.2, 0.25) is 5.02 Å². The second-order valence-electron chi connectivity index (χ2n) is 6.40. The molecule has 0 aliphatic carbocycles. The third-order valence-electron chi connectivity index (χ3n) is 4.18. The van der Waals surface area contributed by atoms with E-state index in [4.69, 9.17) is 21.5 Å². The maximum Gasteiger partial charge on any atom is 0.257 e. The summed E-state index contributed by atoms with van der Waals surface area (Å²) in [6.07, 6.45) is 0. The van der Waals surface area contributed by atoms with Crippen LogP contribution in [0.1, 0.15) is 28.8 Å². The molecule has 0 spiro atoms. The van der Waals surface area contributed by atoms with Crippen molar-refractivity contribution in [2.24, 2.45) is 5.14 Å². The number of methoxy groups -OCH3 is 1. The number of sulfonamides is 1. The summed E-state index contributed by atoms with van der Waals surface area (Å²) in [7, 11) is -2.77. The zero-order valence-electron chi connectivity index (χ0n) is 15.9. The highest BCUT2D eigenvalue weighted by Gasteiger charge is 2.26. The van der Waals surface area contributed by atoms with Gasteiger partial charge in [0.15, 0.2) is 5.03 Å². The number of nitrogens with zero attached hydrogens (tertiary/aromatic N) is 2. The van der Waals surface area contributed by atoms with Gasteiger partial charge in [-0.05, 0) is 36.8 Å². The quantitative estimate of drug-likeness (QED) is 0.501. The summed E-state index contributed by atoms with van der Waals surface area (Å²) in [5.74, 6) is -0.697. The van der Waals surface area contributed by atoms with E-state index in [1.807, 2.05) is 0 Å². The first-order chi connectivity index (χ1) is 14.1. The monoisotopic (exact) mass is 457 g/mol. The van der Waals surface area contributed by atoms with Crippen LogP contribution >= 0.6 is 11.6 Å². The molecule has 0 unspecified atom stereocenters. The minimum Gasteiger partial charge on any atom is -0.378 e. The van der Waals surface area contributed by atoms with E-state index in [-0.39, 0.29) is 39.7 Å². The molecule has 0 saturated carbocycles. The molecule has 0 radical (unpaired) electrons. The number of H-pyrrole nitrogens is 1. The molecule has 160 valence electrons. The molecule has 0 amide bonds. The molecule has 4 N–H and O–H groups in total. The minimum absolute atomic E-state index is 0.0937. The smallest absolute Gasteiger partial charge is 0.257 e. The van der Waals surface area contributed by atoms with Crippen molar-refractivity contribution in [2.45, 2.75) is 24.6 Å². The van der Waals surface area contributed by atoms with Gasteiger partial charge >= 0.3 is 0 Å². The molecule has 2 heterocycles. The normalized spacial score (nSPS) is 12.7. The Morgan fingerprint density at radius 2 is 1.93 bits per heavy atom. The Morgan fingerprint density at radius 3 is 2.53 bits per heavy atom. The van der Waals surface area contributed by atoms with Crippen LogP contribution in [0.4, 0.5) is 14.6 Å². The number of rotatable bonds is 7. The first-order valence-electron chi connectivity index (χ1n) is 8.55. The molecule has 1 aromatic carbocycles. The van der Waals surface area contributed by atoms with E-state index >= 15 is 0 Å². The second kappa shape index (κ2) is 8.64. The van der Waals surface area contributed by atoms with E-state index in [2.05, 4.69) is 20.3 Å². The Bertz CT molecular complexity index is 1190. The van der Waals surface area contributed by atoms with E-state index in [9.17, 15) is 17.2 Å². The topological polar surface area (TPSA) is 123 Å². The first-order valence-corrected chi connectivity index (χ1v) is 10.5. The van der Waals surface area contributed by atoms with Gasteiger partial charge in [0.05, 0.1) is 23.0 Å². The van der Waals surface area contributed by atoms with Gasteiger partial charge in [0.2, 0.25) is 0 Å². The maximum atomic E-state index is 13.7. The number of aromatic nitrogens is 3. The molecule has 1 atom stereocenters. The van der Waals surface area contributed by atoms with Crippen LogP contribution in [0.3, 0.4) is 0 Å². The van der Waals surface area contributed by atoms with Gasteiger partial charge in [-0.2, -0.15) is 0 Å². The molecule has 30 heavy (non-hydrogen) atoms. The summed E-state index contributed by atoms with van der Waals surface area (Å²) in [4.78, 5) is 11.1. The number of imidazole rings is 1. The fraction of sp³-hybridized carbons (Fsp3) is 0.222. The molecule has 3 rings (SSSR count). The lowest BCUT2D eigenvalue weighted by molar-refractivity contribution is 0.179. The molecule has 0 aliphatic heterocycles. The number of ether oxygens (including phenoxy) is 1. The van der Waals surface area contributed by atoms with Crippen molar-refractivity contribution in [3.63, 3.8) is 0 Å². The Kier molecular flexibility index (Phi) is 6.36. The van der Waals surface area contributed by atoms with Crippen molar-refractivity contribution in [2.75, 3.05) is 12.4 Å². The highest BCUT2D eigenvalue weighted by molar-refractivity contribution is 7.89. The lowest BCUT2D eigenvalue weighted by atomic mass is 10.1. The Balaban J connectivity index is 2.13. The molecular formula is C18H18ClF2N5O3S. The van der Waals surface area contributed by atoms with E-state index < -0.39 is 27.7 Å². The van der Waals surface area contributed by atoms with Gasteiger partial charge in [-0.1, -0.05) is 17.7 Å². The summed E-state index contributed by atoms with van der Waals surface area (Å²) < 4.78 is 56.1. The van der Waals surface area contributed by atoms with Gasteiger partial charge in [-0.25, -0.2) is 32.3 Å². The van der Waals surface area contributed by atoms with Gasteiger partial charge in [0.1, 0.15) is 29.3 Å². The standard InChI is InChI=1S/C18H18ClF2N5O3S/c1-9-12(20)5-6-15(23-9)25-16(10-3-4-13(21)11(19)7-10)17-24-14(8-29-2)18(26-17)30(22,27)28/h3-7,16H,8H2,1-2H3,(H,23,25)(H,24,26)(H2,22,27,28)/t16-/m0/s1. The van der Waals surface area contributed by atoms with Crippen molar-refractivity contribution < 1.29 is 21.9 Å². The van der Waals surface area contributed by atoms with E-state index in [0.717, 1.165) is 6.07 Å². The van der Waals surface area contributed by atoms with Crippen molar-refractivity contribution in [3.8, 4) is 0 Å². The van der Waals surface area contributed by atoms with Gasteiger partial charge in [0, 0.05) is 7.11 Å². The van der Waals surface area contributed by atoms with Crippen LogP contribution in [0.25, 0.3) is 0 Å². The highest BCUT2D eigenvalue weighted by Crippen LogP contribution is 2.29. The van der Waals surface area contributed by atoms with Gasteiger partial charge in [0.25, 0.3) is 10.0 Å². The number of benzene rings is 1. The van der Waals surface area contributed by atoms with Crippen molar-refractivity contribution >= 4 is 27.4 Å². The Hall–Kier alpha value is -2.60. The molecule has 0 aliphatic rings. The molecule has 0 saturated heterocycles. The summed E-state index contributed by atoms with van der Waals surface area (Å²) in [5.41, 5.74) is 0.739. The summed E-state index contributed by atoms with van der Waals surface area (Å²) in [6, 6.07) is 5.76. The number of aromatic amines is 1. The number of primary sulfonamides is 1. The van der Waals surface area contributed by atoms with Gasteiger partial charge < -0.3 is 15.0 Å². The number of nitrogens with one attached hydrogen (secondary N) is 2. The SMILES string of the molecule is COCc1[nH]c([C@@H](Nc2ccc(F)c(C)n2)c2ccc(F)c(Cl)c2)nc1S(N)(=O)=O. The van der Waals surface area contributed by atoms with Crippen molar-refractivity contribution in [1.82, 2.24) is 15.0 Å². The number of halogens is 3. The molecule has 12 heteroatoms. The predicted molar refractivity (Wildman–Crippen MR) is 106 cm³/mol. The number of aryl methyl sites for hydroxylation is 1. The van der Waals surface area contributed by atoms with Gasteiger partial charge in [-0.3, -0.25) is 0 Å². The number of nitrogens with two attached hydrogens (primary N) is 1. The number of hydrogen-bond acceptors (Lipinski definition) is 6. The van der Waals surface area contributed by atoms with Crippen molar-refractivity contribution in [3.05, 3.63) is 69.8 Å². The van der Waals surface area contributed by atoms with Crippen LogP contribution in [-0.2, 0) is 21.4 Å². The molecule has 2 aromatic heterocycles. The lowest BCUT2D eigenvalue weighted by Gasteiger charge is -2.19. The Morgan fingerprint density at radius 1 is 1.23 bits per heavy atom. The van der Waals surface area contributed by atoms with Crippen LogP contribution in [-0.4, -0.2) is 30.5 Å². The van der Waals surface area contributed by atoms with E-state index in [1.54, 1.807) is 0 Å². The zero-order valence-corrected chi connectivity index (χ0v) is 17.5. The summed E-state index contributed by atoms with van der Waals surface area (Å²) in [6.45, 7) is 1.40. The van der Waals surface area contributed by atoms with Crippen LogP contribution in [0.5, 0.6) is 0 Å². The number of hydrogen-bond donors (Lipinski definition) is 3. The third kappa shape index (κ3) is 4.75. The number of anilines is 1. The van der Waals surface area contributed by atoms with Crippen LogP contribution < -0.4 is 10.5 Å². The van der Waals surface area contributed by atoms with Crippen molar-refractivity contribution in [1.29, 1.82) is 0 Å². The third-order valence-corrected chi connectivity index (χ3v) is 5.35. The summed E-state index contributed by atoms with van der Waals surface area (Å²) in [5, 5.41) is 7.77. The van der Waals surface area contributed by atoms with E-state index in [1.165, 1.54) is 38.3 Å². The fourth-order valence-corrected chi connectivity index (χ4v) is 3.67. The molecule has 0 fully saturated rings. The lowest BCUT2D eigenvalue weighted by Crippen LogP contribution is -2.17. The maximum absolute atomic E-state index is 13.7. The van der Waals surface area contributed by atoms with Gasteiger partial charge in [-0.15, -0.1) is 0 Å². The van der Waals surface area contributed by atoms with Crippen LogP contribution in [0, 0.1) is 18.6 Å². The predicted octanol–water partition coefficient (Wildman–Crippen LogP) is 3.04. The summed E-state index contributed by atoms with van der Waals surface area (Å²) >= 11 is 5.92. The largest absolute Gasteiger partial charge is 0.378 e. The minimum atomic E-state index is -4.15. The highest BCUT2D eigenvalue weighted by atomic mass is 35.5. The Labute approximate surface area is 176 Å². The molecule has 8 nitrogen and oxygen atoms in total. The molecule has 0 bridgehead atoms. The molecular weight excluding hydrogens is 440 g/mol. The first kappa shape index (κ1) is 22.1. The molecule has 3 aromatic rings. The average molecular weight is 458 g/mol. The number of pyridine rings is 1. The van der Waals surface area contributed by atoms with Crippen LogP contribution in [0.15, 0.2) is 35.4 Å². The second-order valence-corrected chi connectivity index (χ2v) is 8.28. The fourth-order valence-electron chi connectivity index (χ4n) is 2.80. The van der Waals surface area contributed by atoms with E-state index in [0.29, 0.717) is 5.56 Å².